The lowest BCUT2D eigenvalue weighted by molar-refractivity contribution is -0.122. The molecule has 0 radical (unpaired) electrons. The van der Waals surface area contributed by atoms with Gasteiger partial charge in [-0.25, -0.2) is 17.6 Å². The van der Waals surface area contributed by atoms with Crippen LogP contribution in [-0.2, 0) is 23.3 Å². The Kier molecular flexibility index (Phi) is 7.00. The zero-order valence-corrected chi connectivity index (χ0v) is 21.7. The van der Waals surface area contributed by atoms with E-state index in [2.05, 4.69) is 5.32 Å². The second-order valence-corrected chi connectivity index (χ2v) is 9.98. The molecule has 0 unspecified atom stereocenters. The molecule has 1 aliphatic heterocycles. The van der Waals surface area contributed by atoms with Gasteiger partial charge in [0.2, 0.25) is 5.91 Å². The summed E-state index contributed by atoms with van der Waals surface area (Å²) in [4.78, 5) is 27.7. The first-order valence-electron chi connectivity index (χ1n) is 10.8. The van der Waals surface area contributed by atoms with Gasteiger partial charge in [-0.15, -0.1) is 0 Å². The summed E-state index contributed by atoms with van der Waals surface area (Å²) < 4.78 is 61.7. The maximum atomic E-state index is 14.7. The van der Waals surface area contributed by atoms with E-state index in [-0.39, 0.29) is 29.3 Å². The fourth-order valence-electron chi connectivity index (χ4n) is 4.32. The molecular weight excluding hydrogens is 591 g/mol. The number of amides is 2. The molecule has 1 heterocycles. The number of nitrogens with zero attached hydrogens (tertiary/aromatic N) is 1. The molecule has 0 saturated carbocycles. The number of carbonyl (C=O) groups excluding carboxylic acids is 2. The van der Waals surface area contributed by atoms with Crippen molar-refractivity contribution >= 4 is 40.1 Å². The van der Waals surface area contributed by atoms with Crippen molar-refractivity contribution in [3.05, 3.63) is 91.6 Å². The number of methoxy groups -OCH3 is 1. The van der Waals surface area contributed by atoms with E-state index in [1.54, 1.807) is 26.0 Å². The maximum Gasteiger partial charge on any atom is 0.251 e. The predicted molar refractivity (Wildman–Crippen MR) is 134 cm³/mol. The van der Waals surface area contributed by atoms with Gasteiger partial charge in [0, 0.05) is 44.5 Å². The summed E-state index contributed by atoms with van der Waals surface area (Å²) in [6, 6.07) is 8.48. The highest BCUT2D eigenvalue weighted by atomic mass is 127. The molecule has 0 fully saturated rings. The van der Waals surface area contributed by atoms with Gasteiger partial charge in [0.05, 0.1) is 24.8 Å². The monoisotopic (exact) mass is 612 g/mol. The molecule has 0 aliphatic carbocycles. The summed E-state index contributed by atoms with van der Waals surface area (Å²) in [6.07, 6.45) is 0. The van der Waals surface area contributed by atoms with E-state index in [0.29, 0.717) is 27.0 Å². The van der Waals surface area contributed by atoms with Gasteiger partial charge < -0.3 is 15.0 Å². The molecule has 0 spiro atoms. The van der Waals surface area contributed by atoms with Crippen LogP contribution in [0.2, 0.25) is 0 Å². The molecule has 0 saturated heterocycles. The van der Waals surface area contributed by atoms with Gasteiger partial charge in [-0.1, -0.05) is 6.07 Å². The van der Waals surface area contributed by atoms with Crippen molar-refractivity contribution in [3.63, 3.8) is 0 Å². The van der Waals surface area contributed by atoms with E-state index in [4.69, 9.17) is 4.74 Å². The van der Waals surface area contributed by atoms with Crippen molar-refractivity contribution < 1.29 is 31.9 Å². The second kappa shape index (κ2) is 9.72. The van der Waals surface area contributed by atoms with Gasteiger partial charge in [-0.2, -0.15) is 0 Å². The van der Waals surface area contributed by atoms with Crippen LogP contribution in [0.25, 0.3) is 0 Å². The van der Waals surface area contributed by atoms with Crippen LogP contribution in [0.15, 0.2) is 42.5 Å². The molecule has 36 heavy (non-hydrogen) atoms. The lowest BCUT2D eigenvalue weighted by Gasteiger charge is -2.22. The van der Waals surface area contributed by atoms with Crippen LogP contribution >= 0.6 is 22.6 Å². The molecule has 2 amide bonds. The summed E-state index contributed by atoms with van der Waals surface area (Å²) in [5.41, 5.74) is -0.00632. The van der Waals surface area contributed by atoms with Crippen molar-refractivity contribution in [1.82, 2.24) is 5.32 Å². The third-order valence-corrected chi connectivity index (χ3v) is 7.02. The normalized spacial score (nSPS) is 14.1. The SMILES string of the molecule is COc1cccc(F)c1CN1C(=O)C(C)(C)c2c(I)cc(C(=O)NCc3c(F)cc(F)cc3F)cc21. The van der Waals surface area contributed by atoms with Gasteiger partial charge in [0.15, 0.2) is 0 Å². The van der Waals surface area contributed by atoms with Gasteiger partial charge >= 0.3 is 0 Å². The van der Waals surface area contributed by atoms with Gasteiger partial charge in [-0.05, 0) is 60.7 Å². The molecule has 1 aliphatic rings. The number of hydrogen-bond donors (Lipinski definition) is 1. The van der Waals surface area contributed by atoms with Crippen LogP contribution in [0.4, 0.5) is 23.2 Å². The first-order valence-corrected chi connectivity index (χ1v) is 11.9. The smallest absolute Gasteiger partial charge is 0.251 e. The van der Waals surface area contributed by atoms with Crippen LogP contribution in [0.3, 0.4) is 0 Å². The number of fused-ring (bicyclic) bond motifs is 1. The number of nitrogens with one attached hydrogen (secondary N) is 1. The van der Waals surface area contributed by atoms with Crippen molar-refractivity contribution in [2.75, 3.05) is 12.0 Å². The Bertz CT molecular complexity index is 1370. The number of hydrogen-bond acceptors (Lipinski definition) is 3. The Morgan fingerprint density at radius 1 is 1.03 bits per heavy atom. The Hall–Kier alpha value is -3.15. The third kappa shape index (κ3) is 4.54. The maximum absolute atomic E-state index is 14.7. The van der Waals surface area contributed by atoms with Crippen molar-refractivity contribution in [2.24, 2.45) is 0 Å². The molecule has 0 aromatic heterocycles. The van der Waals surface area contributed by atoms with E-state index < -0.39 is 46.7 Å². The molecule has 0 atom stereocenters. The minimum atomic E-state index is -1.12. The number of benzene rings is 3. The molecule has 3 aromatic carbocycles. The number of carbonyl (C=O) groups is 2. The highest BCUT2D eigenvalue weighted by Gasteiger charge is 2.46. The van der Waals surface area contributed by atoms with Crippen LogP contribution < -0.4 is 15.0 Å². The average Bonchev–Trinajstić information content (AvgIpc) is 2.99. The highest BCUT2D eigenvalue weighted by molar-refractivity contribution is 14.1. The Morgan fingerprint density at radius 3 is 2.33 bits per heavy atom. The summed E-state index contributed by atoms with van der Waals surface area (Å²) in [5, 5.41) is 2.43. The van der Waals surface area contributed by atoms with E-state index >= 15 is 0 Å². The second-order valence-electron chi connectivity index (χ2n) is 8.82. The molecule has 188 valence electrons. The van der Waals surface area contributed by atoms with Gasteiger partial charge in [0.1, 0.15) is 29.0 Å². The van der Waals surface area contributed by atoms with Crippen LogP contribution in [-0.4, -0.2) is 18.9 Å². The molecule has 0 bridgehead atoms. The Labute approximate surface area is 218 Å². The number of ether oxygens (including phenoxy) is 1. The Morgan fingerprint density at radius 2 is 1.69 bits per heavy atom. The fourth-order valence-corrected chi connectivity index (χ4v) is 5.60. The van der Waals surface area contributed by atoms with E-state index in [0.717, 1.165) is 0 Å². The third-order valence-electron chi connectivity index (χ3n) is 6.17. The van der Waals surface area contributed by atoms with Crippen LogP contribution in [0.1, 0.15) is 40.9 Å². The summed E-state index contributed by atoms with van der Waals surface area (Å²) in [7, 11) is 1.40. The minimum Gasteiger partial charge on any atom is -0.496 e. The van der Waals surface area contributed by atoms with Gasteiger partial charge in [-0.3, -0.25) is 9.59 Å². The standard InChI is InChI=1S/C26H21F4IN2O3/c1-26(2)23-20(31)7-13(24(34)32-11-15-18(29)9-14(27)10-19(15)30)8-21(23)33(25(26)35)12-16-17(28)5-4-6-22(16)36-3/h4-10H,11-12H2,1-3H3,(H,32,34). The summed E-state index contributed by atoms with van der Waals surface area (Å²) in [6.45, 7) is 2.85. The molecule has 3 aromatic rings. The first-order chi connectivity index (χ1) is 16.9. The number of anilines is 1. The quantitative estimate of drug-likeness (QED) is 0.291. The van der Waals surface area contributed by atoms with Crippen molar-refractivity contribution in [2.45, 2.75) is 32.4 Å². The van der Waals surface area contributed by atoms with Crippen LogP contribution in [0.5, 0.6) is 5.75 Å². The van der Waals surface area contributed by atoms with Crippen molar-refractivity contribution in [1.29, 1.82) is 0 Å². The summed E-state index contributed by atoms with van der Waals surface area (Å²) in [5.74, 6) is -4.50. The minimum absolute atomic E-state index is 0.127. The van der Waals surface area contributed by atoms with E-state index in [1.165, 1.54) is 30.2 Å². The lowest BCUT2D eigenvalue weighted by atomic mass is 9.86. The van der Waals surface area contributed by atoms with Crippen molar-refractivity contribution in [3.8, 4) is 5.75 Å². The molecular formula is C26H21F4IN2O3. The largest absolute Gasteiger partial charge is 0.496 e. The van der Waals surface area contributed by atoms with Crippen LogP contribution in [0, 0.1) is 26.8 Å². The van der Waals surface area contributed by atoms with E-state index in [1.807, 2.05) is 22.6 Å². The summed E-state index contributed by atoms with van der Waals surface area (Å²) >= 11 is 2.02. The predicted octanol–water partition coefficient (Wildman–Crippen LogP) is 5.61. The number of rotatable bonds is 6. The zero-order chi connectivity index (χ0) is 26.4. The molecule has 1 N–H and O–H groups in total. The highest BCUT2D eigenvalue weighted by Crippen LogP contribution is 2.46. The first kappa shape index (κ1) is 25.9. The number of halogens is 5. The average molecular weight is 612 g/mol. The van der Waals surface area contributed by atoms with Gasteiger partial charge in [0.25, 0.3) is 5.91 Å². The Balaban J connectivity index is 1.69. The van der Waals surface area contributed by atoms with E-state index in [9.17, 15) is 27.2 Å². The lowest BCUT2D eigenvalue weighted by Crippen LogP contribution is -2.36. The molecule has 4 rings (SSSR count). The topological polar surface area (TPSA) is 58.6 Å². The zero-order valence-electron chi connectivity index (χ0n) is 19.5. The fraction of sp³-hybridized carbons (Fsp3) is 0.231. The molecule has 10 heteroatoms. The molecule has 5 nitrogen and oxygen atoms in total.